The fourth-order valence-corrected chi connectivity index (χ4v) is 3.99. The molecule has 0 spiro atoms. The minimum atomic E-state index is 0.546. The molecular formula is C18H23NOS. The van der Waals surface area contributed by atoms with Crippen molar-refractivity contribution in [2.45, 2.75) is 38.1 Å². The third-order valence-electron chi connectivity index (χ3n) is 4.17. The molecule has 0 amide bonds. The third kappa shape index (κ3) is 3.66. The van der Waals surface area contributed by atoms with Gasteiger partial charge in [-0.05, 0) is 54.8 Å². The van der Waals surface area contributed by atoms with E-state index in [1.807, 2.05) is 11.3 Å². The maximum absolute atomic E-state index is 5.78. The predicted molar refractivity (Wildman–Crippen MR) is 89.4 cm³/mol. The maximum atomic E-state index is 5.78. The second kappa shape index (κ2) is 7.10. The zero-order valence-corrected chi connectivity index (χ0v) is 13.4. The lowest BCUT2D eigenvalue weighted by Crippen LogP contribution is -2.33. The molecule has 1 N–H and O–H groups in total. The molecule has 1 aromatic carbocycles. The molecule has 1 aliphatic rings. The van der Waals surface area contributed by atoms with Crippen molar-refractivity contribution in [3.8, 4) is 5.75 Å². The zero-order valence-electron chi connectivity index (χ0n) is 12.5. The molecule has 112 valence electrons. The number of thiophene rings is 1. The average Bonchev–Trinajstić information content (AvgIpc) is 3.01. The Labute approximate surface area is 131 Å². The predicted octanol–water partition coefficient (Wildman–Crippen LogP) is 4.23. The monoisotopic (exact) mass is 301 g/mol. The van der Waals surface area contributed by atoms with E-state index in [1.54, 1.807) is 0 Å². The van der Waals surface area contributed by atoms with Crippen LogP contribution in [0.4, 0.5) is 0 Å². The Morgan fingerprint density at radius 2 is 2.19 bits per heavy atom. The van der Waals surface area contributed by atoms with Crippen LogP contribution in [0.3, 0.4) is 0 Å². The molecule has 3 heteroatoms. The molecule has 2 nitrogen and oxygen atoms in total. The van der Waals surface area contributed by atoms with Crippen LogP contribution in [0.5, 0.6) is 5.75 Å². The fourth-order valence-electron chi connectivity index (χ4n) is 3.20. The summed E-state index contributed by atoms with van der Waals surface area (Å²) < 4.78 is 5.78. The molecule has 21 heavy (non-hydrogen) atoms. The number of nitrogens with one attached hydrogen (secondary N) is 1. The third-order valence-corrected chi connectivity index (χ3v) is 5.07. The van der Waals surface area contributed by atoms with Crippen molar-refractivity contribution in [2.24, 2.45) is 0 Å². The van der Waals surface area contributed by atoms with Gasteiger partial charge in [0.15, 0.2) is 0 Å². The Hall–Kier alpha value is -1.32. The number of hydrogen-bond donors (Lipinski definition) is 1. The van der Waals surface area contributed by atoms with Crippen molar-refractivity contribution in [2.75, 3.05) is 13.2 Å². The van der Waals surface area contributed by atoms with Crippen LogP contribution in [-0.4, -0.2) is 19.2 Å². The summed E-state index contributed by atoms with van der Waals surface area (Å²) in [5, 5.41) is 5.83. The molecule has 2 aromatic rings. The first kappa shape index (κ1) is 14.6. The van der Waals surface area contributed by atoms with Gasteiger partial charge >= 0.3 is 0 Å². The number of rotatable bonds is 6. The van der Waals surface area contributed by atoms with Gasteiger partial charge in [0, 0.05) is 10.9 Å². The van der Waals surface area contributed by atoms with Crippen LogP contribution < -0.4 is 10.1 Å². The molecule has 1 aliphatic heterocycles. The second-order valence-electron chi connectivity index (χ2n) is 5.65. The molecule has 0 saturated heterocycles. The van der Waals surface area contributed by atoms with E-state index in [0.717, 1.165) is 31.7 Å². The van der Waals surface area contributed by atoms with E-state index in [9.17, 15) is 0 Å². The Kier molecular flexibility index (Phi) is 4.94. The van der Waals surface area contributed by atoms with E-state index in [2.05, 4.69) is 54.0 Å². The summed E-state index contributed by atoms with van der Waals surface area (Å²) in [6.07, 6.45) is 3.44. The normalized spacial score (nSPS) is 18.8. The van der Waals surface area contributed by atoms with Crippen molar-refractivity contribution in [3.05, 3.63) is 52.2 Å². The molecular weight excluding hydrogens is 278 g/mol. The first-order chi connectivity index (χ1) is 10.4. The van der Waals surface area contributed by atoms with Gasteiger partial charge in [-0.15, -0.1) is 11.3 Å². The molecule has 1 aromatic heterocycles. The van der Waals surface area contributed by atoms with Crippen molar-refractivity contribution in [1.82, 2.24) is 5.32 Å². The van der Waals surface area contributed by atoms with Crippen LogP contribution in [-0.2, 0) is 6.42 Å². The van der Waals surface area contributed by atoms with E-state index in [0.29, 0.717) is 12.0 Å². The van der Waals surface area contributed by atoms with Gasteiger partial charge in [-0.25, -0.2) is 0 Å². The van der Waals surface area contributed by atoms with Crippen LogP contribution in [0, 0.1) is 0 Å². The van der Waals surface area contributed by atoms with E-state index < -0.39 is 0 Å². The van der Waals surface area contributed by atoms with E-state index in [4.69, 9.17) is 4.74 Å². The van der Waals surface area contributed by atoms with Gasteiger partial charge in [-0.3, -0.25) is 0 Å². The number of ether oxygens (including phenoxy) is 1. The van der Waals surface area contributed by atoms with Crippen LogP contribution in [0.1, 0.15) is 36.1 Å². The Balaban J connectivity index is 1.71. The van der Waals surface area contributed by atoms with Crippen LogP contribution >= 0.6 is 11.3 Å². The van der Waals surface area contributed by atoms with Gasteiger partial charge in [0.25, 0.3) is 0 Å². The summed E-state index contributed by atoms with van der Waals surface area (Å²) in [4.78, 5) is 1.47. The summed E-state index contributed by atoms with van der Waals surface area (Å²) in [5.74, 6) is 1.69. The highest BCUT2D eigenvalue weighted by atomic mass is 32.1. The number of hydrogen-bond acceptors (Lipinski definition) is 3. The van der Waals surface area contributed by atoms with Crippen molar-refractivity contribution in [3.63, 3.8) is 0 Å². The van der Waals surface area contributed by atoms with Crippen molar-refractivity contribution < 1.29 is 4.74 Å². The Morgan fingerprint density at radius 3 is 3.00 bits per heavy atom. The van der Waals surface area contributed by atoms with Crippen molar-refractivity contribution in [1.29, 1.82) is 0 Å². The second-order valence-corrected chi connectivity index (χ2v) is 6.68. The van der Waals surface area contributed by atoms with Crippen LogP contribution in [0.25, 0.3) is 0 Å². The SMILES string of the molecule is CCNC(Cc1cccs1)CC1CCOc2ccccc21. The maximum Gasteiger partial charge on any atom is 0.122 e. The molecule has 2 atom stereocenters. The van der Waals surface area contributed by atoms with E-state index in [-0.39, 0.29) is 0 Å². The topological polar surface area (TPSA) is 21.3 Å². The lowest BCUT2D eigenvalue weighted by Gasteiger charge is -2.29. The lowest BCUT2D eigenvalue weighted by molar-refractivity contribution is 0.255. The quantitative estimate of drug-likeness (QED) is 0.862. The summed E-state index contributed by atoms with van der Waals surface area (Å²) in [5.41, 5.74) is 1.39. The smallest absolute Gasteiger partial charge is 0.122 e. The minimum Gasteiger partial charge on any atom is -0.493 e. The molecule has 2 unspecified atom stereocenters. The molecule has 2 heterocycles. The Bertz CT molecular complexity index is 552. The summed E-state index contributed by atoms with van der Waals surface area (Å²) in [7, 11) is 0. The van der Waals surface area contributed by atoms with Gasteiger partial charge in [-0.2, -0.15) is 0 Å². The van der Waals surface area contributed by atoms with Gasteiger partial charge in [0.2, 0.25) is 0 Å². The fraction of sp³-hybridized carbons (Fsp3) is 0.444. The van der Waals surface area contributed by atoms with Crippen LogP contribution in [0.2, 0.25) is 0 Å². The lowest BCUT2D eigenvalue weighted by atomic mass is 9.86. The molecule has 3 rings (SSSR count). The average molecular weight is 301 g/mol. The van der Waals surface area contributed by atoms with Gasteiger partial charge in [0.05, 0.1) is 6.61 Å². The molecule has 0 radical (unpaired) electrons. The molecule has 0 fully saturated rings. The molecule has 0 saturated carbocycles. The van der Waals surface area contributed by atoms with Gasteiger partial charge in [-0.1, -0.05) is 31.2 Å². The summed E-state index contributed by atoms with van der Waals surface area (Å²) in [6, 6.07) is 13.5. The summed E-state index contributed by atoms with van der Waals surface area (Å²) in [6.45, 7) is 4.07. The first-order valence-corrected chi connectivity index (χ1v) is 8.72. The van der Waals surface area contributed by atoms with E-state index >= 15 is 0 Å². The van der Waals surface area contributed by atoms with E-state index in [1.165, 1.54) is 16.9 Å². The Morgan fingerprint density at radius 1 is 1.29 bits per heavy atom. The highest BCUT2D eigenvalue weighted by molar-refractivity contribution is 7.09. The highest BCUT2D eigenvalue weighted by Crippen LogP contribution is 2.36. The number of para-hydroxylation sites is 1. The van der Waals surface area contributed by atoms with Crippen molar-refractivity contribution >= 4 is 11.3 Å². The summed E-state index contributed by atoms with van der Waals surface area (Å²) >= 11 is 1.86. The number of fused-ring (bicyclic) bond motifs is 1. The van der Waals surface area contributed by atoms with Gasteiger partial charge < -0.3 is 10.1 Å². The standard InChI is InChI=1S/C18H23NOS/c1-2-19-15(13-16-6-5-11-21-16)12-14-9-10-20-18-8-4-3-7-17(14)18/h3-8,11,14-15,19H,2,9-10,12-13H2,1H3. The first-order valence-electron chi connectivity index (χ1n) is 7.84. The molecule has 0 aliphatic carbocycles. The van der Waals surface area contributed by atoms with Crippen LogP contribution in [0.15, 0.2) is 41.8 Å². The molecule has 0 bridgehead atoms. The zero-order chi connectivity index (χ0) is 14.5. The van der Waals surface area contributed by atoms with Gasteiger partial charge in [0.1, 0.15) is 5.75 Å². The largest absolute Gasteiger partial charge is 0.493 e. The minimum absolute atomic E-state index is 0.546. The number of likely N-dealkylation sites (N-methyl/N-ethyl adjacent to an activating group) is 1. The number of benzene rings is 1. The highest BCUT2D eigenvalue weighted by Gasteiger charge is 2.24.